The van der Waals surface area contributed by atoms with E-state index in [4.69, 9.17) is 29.4 Å². The molecule has 0 heterocycles. The van der Waals surface area contributed by atoms with Gasteiger partial charge in [-0.2, -0.15) is 0 Å². The van der Waals surface area contributed by atoms with Crippen molar-refractivity contribution >= 4 is 19.8 Å². The van der Waals surface area contributed by atoms with E-state index in [2.05, 4.69) is 74.6 Å². The van der Waals surface area contributed by atoms with Crippen LogP contribution in [0.4, 0.5) is 0 Å². The van der Waals surface area contributed by atoms with Crippen LogP contribution in [-0.4, -0.2) is 60.5 Å². The fourth-order valence-electron chi connectivity index (χ4n) is 5.82. The lowest BCUT2D eigenvalue weighted by atomic mass is 10.1. The largest absolute Gasteiger partial charge is 0.480 e. The summed E-state index contributed by atoms with van der Waals surface area (Å²) in [6.07, 6.45) is 49.8. The summed E-state index contributed by atoms with van der Waals surface area (Å²) in [6.45, 7) is 3.71. The SMILES string of the molecule is CC/C=C\C/C=C\C/C=C\CCCCCCCCOCC(COP(=O)(O)OCC(N)C(=O)O)OC(=O)CCCCCCCCCCC/C=C\C/C=C\CCCCC. The van der Waals surface area contributed by atoms with Gasteiger partial charge in [0.15, 0.2) is 0 Å². The lowest BCUT2D eigenvalue weighted by molar-refractivity contribution is -0.154. The topological polar surface area (TPSA) is 155 Å². The summed E-state index contributed by atoms with van der Waals surface area (Å²) in [5.74, 6) is -1.79. The molecule has 4 N–H and O–H groups in total. The third-order valence-electron chi connectivity index (χ3n) is 9.28. The molecule has 0 saturated heterocycles. The van der Waals surface area contributed by atoms with Crippen LogP contribution in [0.5, 0.6) is 0 Å². The smallest absolute Gasteiger partial charge is 0.472 e. The Kier molecular flexibility index (Phi) is 40.1. The molecule has 0 fully saturated rings. The minimum Gasteiger partial charge on any atom is -0.480 e. The molecule has 0 spiro atoms. The van der Waals surface area contributed by atoms with Gasteiger partial charge in [-0.25, -0.2) is 4.57 Å². The summed E-state index contributed by atoms with van der Waals surface area (Å²) >= 11 is 0. The van der Waals surface area contributed by atoms with Crippen molar-refractivity contribution in [3.63, 3.8) is 0 Å². The molecular weight excluding hydrogens is 741 g/mol. The number of phosphoric ester groups is 1. The van der Waals surface area contributed by atoms with E-state index in [1.807, 2.05) is 0 Å². The van der Waals surface area contributed by atoms with Crippen molar-refractivity contribution in [3.8, 4) is 0 Å². The average molecular weight is 824 g/mol. The lowest BCUT2D eigenvalue weighted by Gasteiger charge is -2.20. The number of nitrogens with two attached hydrogens (primary N) is 1. The highest BCUT2D eigenvalue weighted by atomic mass is 31.2. The number of hydrogen-bond donors (Lipinski definition) is 3. The Bertz CT molecular complexity index is 1140. The van der Waals surface area contributed by atoms with E-state index < -0.39 is 45.1 Å². The standard InChI is InChI=1S/C46H82NO9P/c1-3-5-7-9-11-13-15-17-19-21-22-23-24-26-28-30-32-34-36-38-45(48)56-43(41-54-57(51,52)55-42-44(47)46(49)50)40-53-39-37-35-33-31-29-27-25-20-18-16-14-12-10-8-6-4-2/h6,8,11-14,17-20,43-44H,3-5,7,9-10,15-16,21-42,47H2,1-2H3,(H,49,50)(H,51,52)/b8-6-,13-11-,14-12-,19-17-,20-18-. The predicted molar refractivity (Wildman–Crippen MR) is 235 cm³/mol. The number of carbonyl (C=O) groups is 2. The molecule has 0 aliphatic carbocycles. The van der Waals surface area contributed by atoms with Crippen LogP contribution in [0, 0.1) is 0 Å². The molecule has 0 aromatic carbocycles. The van der Waals surface area contributed by atoms with Gasteiger partial charge in [0, 0.05) is 13.0 Å². The fourth-order valence-corrected chi connectivity index (χ4v) is 6.60. The zero-order valence-electron chi connectivity index (χ0n) is 35.9. The van der Waals surface area contributed by atoms with Gasteiger partial charge < -0.3 is 25.2 Å². The second kappa shape index (κ2) is 41.8. The molecular formula is C46H82NO9P. The van der Waals surface area contributed by atoms with Gasteiger partial charge in [-0.05, 0) is 77.0 Å². The summed E-state index contributed by atoms with van der Waals surface area (Å²) in [5, 5.41) is 8.90. The molecule has 11 heteroatoms. The maximum Gasteiger partial charge on any atom is 0.472 e. The Hall–Kier alpha value is -2.33. The highest BCUT2D eigenvalue weighted by molar-refractivity contribution is 7.47. The summed E-state index contributed by atoms with van der Waals surface area (Å²) in [5.41, 5.74) is 5.36. The third kappa shape index (κ3) is 41.6. The minimum atomic E-state index is -4.62. The number of aliphatic carboxylic acids is 1. The van der Waals surface area contributed by atoms with Crippen molar-refractivity contribution < 1.29 is 42.7 Å². The second-order valence-corrected chi connectivity index (χ2v) is 16.2. The fraction of sp³-hybridized carbons (Fsp3) is 0.739. The lowest BCUT2D eigenvalue weighted by Crippen LogP contribution is -2.34. The van der Waals surface area contributed by atoms with Crippen molar-refractivity contribution in [2.45, 2.75) is 193 Å². The summed E-state index contributed by atoms with van der Waals surface area (Å²) < 4.78 is 33.4. The van der Waals surface area contributed by atoms with E-state index in [0.29, 0.717) is 13.0 Å². The molecule has 0 bridgehead atoms. The molecule has 3 unspecified atom stereocenters. The van der Waals surface area contributed by atoms with Crippen molar-refractivity contribution in [1.82, 2.24) is 0 Å². The molecule has 0 aromatic rings. The Balaban J connectivity index is 4.25. The van der Waals surface area contributed by atoms with E-state index in [1.54, 1.807) is 0 Å². The molecule has 10 nitrogen and oxygen atoms in total. The van der Waals surface area contributed by atoms with Gasteiger partial charge in [-0.1, -0.05) is 158 Å². The van der Waals surface area contributed by atoms with Crippen LogP contribution in [-0.2, 0) is 32.7 Å². The summed E-state index contributed by atoms with van der Waals surface area (Å²) in [7, 11) is -4.62. The molecule has 330 valence electrons. The predicted octanol–water partition coefficient (Wildman–Crippen LogP) is 12.4. The van der Waals surface area contributed by atoms with E-state index in [1.165, 1.54) is 77.0 Å². The van der Waals surface area contributed by atoms with Crippen LogP contribution < -0.4 is 5.73 Å². The average Bonchev–Trinajstić information content (AvgIpc) is 3.19. The first kappa shape index (κ1) is 54.7. The van der Waals surface area contributed by atoms with Crippen molar-refractivity contribution in [3.05, 3.63) is 60.8 Å². The summed E-state index contributed by atoms with van der Waals surface area (Å²) in [6, 6.07) is -1.48. The number of ether oxygens (including phenoxy) is 2. The van der Waals surface area contributed by atoms with Gasteiger partial charge in [0.25, 0.3) is 0 Å². The van der Waals surface area contributed by atoms with E-state index in [9.17, 15) is 19.0 Å². The van der Waals surface area contributed by atoms with Gasteiger partial charge in [0.2, 0.25) is 0 Å². The second-order valence-electron chi connectivity index (χ2n) is 14.8. The van der Waals surface area contributed by atoms with Gasteiger partial charge in [-0.15, -0.1) is 0 Å². The zero-order valence-corrected chi connectivity index (χ0v) is 36.8. The molecule has 0 aliphatic heterocycles. The van der Waals surface area contributed by atoms with Crippen LogP contribution in [0.25, 0.3) is 0 Å². The molecule has 3 atom stereocenters. The number of esters is 1. The number of carbonyl (C=O) groups excluding carboxylic acids is 1. The van der Waals surface area contributed by atoms with Gasteiger partial charge in [0.1, 0.15) is 12.1 Å². The minimum absolute atomic E-state index is 0.00414. The van der Waals surface area contributed by atoms with Gasteiger partial charge in [0.05, 0.1) is 19.8 Å². The molecule has 0 amide bonds. The van der Waals surface area contributed by atoms with E-state index in [0.717, 1.165) is 77.0 Å². The number of hydrogen-bond acceptors (Lipinski definition) is 8. The number of unbranched alkanes of at least 4 members (excludes halogenated alkanes) is 18. The van der Waals surface area contributed by atoms with Gasteiger partial charge >= 0.3 is 19.8 Å². The van der Waals surface area contributed by atoms with Crippen molar-refractivity contribution in [1.29, 1.82) is 0 Å². The van der Waals surface area contributed by atoms with Crippen molar-refractivity contribution in [2.24, 2.45) is 5.73 Å². The third-order valence-corrected chi connectivity index (χ3v) is 10.2. The number of phosphoric acid groups is 1. The Morgan fingerprint density at radius 3 is 1.53 bits per heavy atom. The number of rotatable bonds is 42. The maximum atomic E-state index is 12.6. The Morgan fingerprint density at radius 1 is 0.579 bits per heavy atom. The maximum absolute atomic E-state index is 12.6. The quantitative estimate of drug-likeness (QED) is 0.0234. The van der Waals surface area contributed by atoms with Crippen LogP contribution in [0.15, 0.2) is 60.8 Å². The van der Waals surface area contributed by atoms with Crippen LogP contribution >= 0.6 is 7.82 Å². The number of carboxylic acid groups (broad SMARTS) is 1. The molecule has 57 heavy (non-hydrogen) atoms. The Morgan fingerprint density at radius 2 is 1.02 bits per heavy atom. The first-order valence-corrected chi connectivity index (χ1v) is 23.8. The molecule has 0 aromatic heterocycles. The van der Waals surface area contributed by atoms with Crippen LogP contribution in [0.2, 0.25) is 0 Å². The van der Waals surface area contributed by atoms with E-state index >= 15 is 0 Å². The van der Waals surface area contributed by atoms with Gasteiger partial charge in [-0.3, -0.25) is 18.6 Å². The van der Waals surface area contributed by atoms with Crippen LogP contribution in [0.3, 0.4) is 0 Å². The number of carboxylic acids is 1. The molecule has 0 saturated carbocycles. The van der Waals surface area contributed by atoms with Crippen LogP contribution in [0.1, 0.15) is 181 Å². The Labute approximate surface area is 347 Å². The first-order valence-electron chi connectivity index (χ1n) is 22.3. The zero-order chi connectivity index (χ0) is 41.9. The normalized spacial score (nSPS) is 14.5. The molecule has 0 rings (SSSR count). The monoisotopic (exact) mass is 824 g/mol. The van der Waals surface area contributed by atoms with Crippen molar-refractivity contribution in [2.75, 3.05) is 26.4 Å². The highest BCUT2D eigenvalue weighted by Gasteiger charge is 2.27. The molecule has 0 radical (unpaired) electrons. The van der Waals surface area contributed by atoms with E-state index in [-0.39, 0.29) is 13.0 Å². The first-order chi connectivity index (χ1) is 27.7. The highest BCUT2D eigenvalue weighted by Crippen LogP contribution is 2.43. The number of allylic oxidation sites excluding steroid dienone is 10. The summed E-state index contributed by atoms with van der Waals surface area (Å²) in [4.78, 5) is 33.6. The molecule has 0 aliphatic rings.